The summed E-state index contributed by atoms with van der Waals surface area (Å²) in [5.74, 6) is -0.590. The smallest absolute Gasteiger partial charge is 0.417 e. The van der Waals surface area contributed by atoms with E-state index >= 15 is 0 Å². The van der Waals surface area contributed by atoms with Gasteiger partial charge in [-0.25, -0.2) is 0 Å². The number of carbonyl (C=O) groups is 1. The second-order valence-corrected chi connectivity index (χ2v) is 7.70. The van der Waals surface area contributed by atoms with Crippen molar-refractivity contribution in [1.29, 1.82) is 0 Å². The predicted octanol–water partition coefficient (Wildman–Crippen LogP) is 5.64. The predicted molar refractivity (Wildman–Crippen MR) is 108 cm³/mol. The van der Waals surface area contributed by atoms with E-state index in [0.717, 1.165) is 11.6 Å². The molecule has 0 saturated carbocycles. The molecule has 8 heteroatoms. The first kappa shape index (κ1) is 22.4. The zero-order valence-electron chi connectivity index (χ0n) is 16.5. The van der Waals surface area contributed by atoms with Crippen LogP contribution in [0.1, 0.15) is 42.5 Å². The molecule has 0 spiro atoms. The molecule has 162 valence electrons. The molecule has 4 nitrogen and oxygen atoms in total. The van der Waals surface area contributed by atoms with Gasteiger partial charge >= 0.3 is 12.1 Å². The van der Waals surface area contributed by atoms with Gasteiger partial charge in [-0.2, -0.15) is 13.2 Å². The average molecular weight is 442 g/mol. The van der Waals surface area contributed by atoms with Gasteiger partial charge in [0.2, 0.25) is 0 Å². The van der Waals surface area contributed by atoms with Crippen molar-refractivity contribution in [3.63, 3.8) is 0 Å². The first-order chi connectivity index (χ1) is 14.2. The fourth-order valence-electron chi connectivity index (χ4n) is 3.86. The minimum Gasteiger partial charge on any atom is -0.494 e. The Labute approximate surface area is 178 Å². The Morgan fingerprint density at radius 2 is 1.77 bits per heavy atom. The van der Waals surface area contributed by atoms with E-state index in [9.17, 15) is 23.1 Å². The normalized spacial score (nSPS) is 17.0. The van der Waals surface area contributed by atoms with Gasteiger partial charge < -0.3 is 9.84 Å². The Morgan fingerprint density at radius 1 is 1.17 bits per heavy atom. The zero-order chi connectivity index (χ0) is 21.9. The van der Waals surface area contributed by atoms with Crippen LogP contribution in [0.2, 0.25) is 5.02 Å². The quantitative estimate of drug-likeness (QED) is 0.630. The monoisotopic (exact) mass is 441 g/mol. The van der Waals surface area contributed by atoms with Crippen LogP contribution >= 0.6 is 11.6 Å². The standard InChI is InChI=1S/C22H23ClF3NO3/c1-2-30-17-6-3-14(4-7-17)20(27-11-9-15(10-12-27)21(28)29)16-5-8-19(23)18(13-16)22(24,25)26/h3-8,13,15,20H,2,9-12H2,1H3,(H,28,29). The van der Waals surface area contributed by atoms with Crippen molar-refractivity contribution in [2.45, 2.75) is 32.0 Å². The number of alkyl halides is 3. The second kappa shape index (κ2) is 9.27. The molecule has 1 saturated heterocycles. The number of aliphatic carboxylic acids is 1. The number of hydrogen-bond acceptors (Lipinski definition) is 3. The molecule has 1 aliphatic heterocycles. The highest BCUT2D eigenvalue weighted by Gasteiger charge is 2.35. The van der Waals surface area contributed by atoms with Gasteiger partial charge in [-0.1, -0.05) is 29.8 Å². The van der Waals surface area contributed by atoms with E-state index in [4.69, 9.17) is 16.3 Å². The lowest BCUT2D eigenvalue weighted by atomic mass is 9.90. The third-order valence-electron chi connectivity index (χ3n) is 5.36. The summed E-state index contributed by atoms with van der Waals surface area (Å²) < 4.78 is 45.8. The number of hydrogen-bond donors (Lipinski definition) is 1. The molecule has 1 unspecified atom stereocenters. The molecule has 1 atom stereocenters. The van der Waals surface area contributed by atoms with Crippen LogP contribution in [-0.2, 0) is 11.0 Å². The Bertz CT molecular complexity index is 878. The first-order valence-corrected chi connectivity index (χ1v) is 10.1. The number of ether oxygens (including phenoxy) is 1. The topological polar surface area (TPSA) is 49.8 Å². The van der Waals surface area contributed by atoms with Crippen molar-refractivity contribution in [1.82, 2.24) is 4.90 Å². The summed E-state index contributed by atoms with van der Waals surface area (Å²) in [6.45, 7) is 3.32. The highest BCUT2D eigenvalue weighted by molar-refractivity contribution is 6.31. The molecule has 2 aromatic rings. The molecule has 1 N–H and O–H groups in total. The summed E-state index contributed by atoms with van der Waals surface area (Å²) in [4.78, 5) is 13.3. The van der Waals surface area contributed by atoms with Crippen LogP contribution in [0.5, 0.6) is 5.75 Å². The largest absolute Gasteiger partial charge is 0.494 e. The van der Waals surface area contributed by atoms with Gasteiger partial charge in [0, 0.05) is 0 Å². The lowest BCUT2D eigenvalue weighted by molar-refractivity contribution is -0.143. The lowest BCUT2D eigenvalue weighted by Crippen LogP contribution is -2.39. The van der Waals surface area contributed by atoms with E-state index in [1.807, 2.05) is 24.0 Å². The highest BCUT2D eigenvalue weighted by atomic mass is 35.5. The van der Waals surface area contributed by atoms with Gasteiger partial charge in [0.25, 0.3) is 0 Å². The van der Waals surface area contributed by atoms with Gasteiger partial charge in [0.15, 0.2) is 0 Å². The van der Waals surface area contributed by atoms with E-state index in [1.54, 1.807) is 18.2 Å². The minimum atomic E-state index is -4.56. The maximum atomic E-state index is 13.4. The molecule has 1 heterocycles. The van der Waals surface area contributed by atoms with Crippen LogP contribution in [-0.4, -0.2) is 35.7 Å². The molecule has 0 aliphatic carbocycles. The zero-order valence-corrected chi connectivity index (χ0v) is 17.2. The van der Waals surface area contributed by atoms with Gasteiger partial charge in [-0.3, -0.25) is 9.69 Å². The molecule has 0 bridgehead atoms. The Morgan fingerprint density at radius 3 is 2.30 bits per heavy atom. The molecule has 0 aromatic heterocycles. The third-order valence-corrected chi connectivity index (χ3v) is 5.69. The van der Waals surface area contributed by atoms with E-state index in [-0.39, 0.29) is 5.02 Å². The maximum absolute atomic E-state index is 13.4. The molecule has 0 radical (unpaired) electrons. The van der Waals surface area contributed by atoms with E-state index in [2.05, 4.69) is 0 Å². The Hall–Kier alpha value is -2.25. The molecule has 0 amide bonds. The number of likely N-dealkylation sites (tertiary alicyclic amines) is 1. The fraction of sp³-hybridized carbons (Fsp3) is 0.409. The van der Waals surface area contributed by atoms with Crippen molar-refractivity contribution >= 4 is 17.6 Å². The summed E-state index contributed by atoms with van der Waals surface area (Å²) in [5.41, 5.74) is 0.394. The van der Waals surface area contributed by atoms with E-state index < -0.39 is 29.7 Å². The Balaban J connectivity index is 1.99. The van der Waals surface area contributed by atoms with Crippen molar-refractivity contribution in [2.75, 3.05) is 19.7 Å². The number of nitrogens with zero attached hydrogens (tertiary/aromatic N) is 1. The van der Waals surface area contributed by atoms with E-state index in [1.165, 1.54) is 6.07 Å². The summed E-state index contributed by atoms with van der Waals surface area (Å²) in [5, 5.41) is 8.92. The molecular formula is C22H23ClF3NO3. The number of halogens is 4. The minimum absolute atomic E-state index is 0.346. The van der Waals surface area contributed by atoms with Crippen molar-refractivity contribution in [2.24, 2.45) is 5.92 Å². The fourth-order valence-corrected chi connectivity index (χ4v) is 4.09. The molecule has 1 aliphatic rings. The molecular weight excluding hydrogens is 419 g/mol. The van der Waals surface area contributed by atoms with Crippen molar-refractivity contribution in [3.05, 3.63) is 64.2 Å². The Kier molecular flexibility index (Phi) is 6.93. The van der Waals surface area contributed by atoms with Gasteiger partial charge in [-0.05, 0) is 68.2 Å². The first-order valence-electron chi connectivity index (χ1n) is 9.77. The molecule has 2 aromatic carbocycles. The second-order valence-electron chi connectivity index (χ2n) is 7.29. The average Bonchev–Trinajstić information content (AvgIpc) is 2.70. The van der Waals surface area contributed by atoms with Crippen LogP contribution in [0.4, 0.5) is 13.2 Å². The summed E-state index contributed by atoms with van der Waals surface area (Å²) in [6.07, 6.45) is -3.67. The number of piperidine rings is 1. The maximum Gasteiger partial charge on any atom is 0.417 e. The number of carboxylic acids is 1. The van der Waals surface area contributed by atoms with Crippen LogP contribution in [0.25, 0.3) is 0 Å². The third kappa shape index (κ3) is 5.08. The number of rotatable bonds is 6. The molecule has 30 heavy (non-hydrogen) atoms. The van der Waals surface area contributed by atoms with E-state index in [0.29, 0.717) is 43.9 Å². The SMILES string of the molecule is CCOc1ccc(C(c2ccc(Cl)c(C(F)(F)F)c2)N2CCC(C(=O)O)CC2)cc1. The van der Waals surface area contributed by atoms with Crippen LogP contribution < -0.4 is 4.74 Å². The summed E-state index contributed by atoms with van der Waals surface area (Å²) in [7, 11) is 0. The van der Waals surface area contributed by atoms with Crippen LogP contribution in [0.3, 0.4) is 0 Å². The van der Waals surface area contributed by atoms with Gasteiger partial charge in [0.1, 0.15) is 5.75 Å². The van der Waals surface area contributed by atoms with Crippen molar-refractivity contribution < 1.29 is 27.8 Å². The lowest BCUT2D eigenvalue weighted by Gasteiger charge is -2.37. The molecule has 3 rings (SSSR count). The number of carboxylic acid groups (broad SMARTS) is 1. The number of benzene rings is 2. The van der Waals surface area contributed by atoms with Gasteiger partial charge in [0.05, 0.1) is 29.2 Å². The summed E-state index contributed by atoms with van der Waals surface area (Å²) >= 11 is 5.81. The van der Waals surface area contributed by atoms with Crippen molar-refractivity contribution in [3.8, 4) is 5.75 Å². The van der Waals surface area contributed by atoms with Crippen LogP contribution in [0, 0.1) is 5.92 Å². The highest BCUT2D eigenvalue weighted by Crippen LogP contribution is 2.39. The van der Waals surface area contributed by atoms with Crippen LogP contribution in [0.15, 0.2) is 42.5 Å². The molecule has 1 fully saturated rings. The summed E-state index contributed by atoms with van der Waals surface area (Å²) in [6, 6.07) is 10.8. The van der Waals surface area contributed by atoms with Gasteiger partial charge in [-0.15, -0.1) is 0 Å².